The summed E-state index contributed by atoms with van der Waals surface area (Å²) in [6.07, 6.45) is 0. The van der Waals surface area contributed by atoms with Gasteiger partial charge in [0.15, 0.2) is 22.6 Å². The third-order valence-electron chi connectivity index (χ3n) is 12.0. The third kappa shape index (κ3) is 13.2. The van der Waals surface area contributed by atoms with Crippen molar-refractivity contribution in [3.63, 3.8) is 0 Å². The number of amides is 2. The van der Waals surface area contributed by atoms with E-state index in [0.29, 0.717) is 116 Å². The van der Waals surface area contributed by atoms with Gasteiger partial charge in [-0.25, -0.2) is 4.39 Å². The molecule has 0 saturated carbocycles. The van der Waals surface area contributed by atoms with Crippen LogP contribution in [0.3, 0.4) is 0 Å². The van der Waals surface area contributed by atoms with Gasteiger partial charge < -0.3 is 52.6 Å². The second-order valence-electron chi connectivity index (χ2n) is 17.4. The SMILES string of the molecule is Br.CC(Br)c1cc(C(=O)N(C)CCN(C)C)cc2c(=O)cc(N3CCOCC3)oc12.CC(c1cc(C(=O)N(C)CCN(C)C)cc2c(=O)cc(N3CCOCC3)oc12)N(C)c1ccc(F)cc1. The van der Waals surface area contributed by atoms with Crippen molar-refractivity contribution in [2.45, 2.75) is 24.7 Å². The maximum Gasteiger partial charge on any atom is 0.253 e. The normalized spacial score (nSPS) is 14.9. The predicted octanol–water partition coefficient (Wildman–Crippen LogP) is 6.90. The van der Waals surface area contributed by atoms with Crippen molar-refractivity contribution >= 4 is 84.1 Å². The predicted molar refractivity (Wildman–Crippen MR) is 273 cm³/mol. The number of ether oxygens (including phenoxy) is 2. The Bertz CT molecular complexity index is 2600. The van der Waals surface area contributed by atoms with E-state index in [0.717, 1.165) is 24.3 Å². The molecule has 4 heterocycles. The van der Waals surface area contributed by atoms with Crippen molar-refractivity contribution in [3.8, 4) is 0 Å². The molecule has 2 fully saturated rings. The summed E-state index contributed by atoms with van der Waals surface area (Å²) in [6.45, 7) is 11.5. The Hall–Kier alpha value is -4.85. The van der Waals surface area contributed by atoms with Crippen LogP contribution in [0.4, 0.5) is 21.8 Å². The van der Waals surface area contributed by atoms with Gasteiger partial charge in [0.2, 0.25) is 0 Å². The maximum atomic E-state index is 13.6. The van der Waals surface area contributed by atoms with Gasteiger partial charge >= 0.3 is 0 Å². The smallest absolute Gasteiger partial charge is 0.253 e. The number of carbonyl (C=O) groups excluding carboxylic acids is 2. The third-order valence-corrected chi connectivity index (χ3v) is 12.5. The second-order valence-corrected chi connectivity index (χ2v) is 18.8. The van der Waals surface area contributed by atoms with E-state index < -0.39 is 0 Å². The lowest BCUT2D eigenvalue weighted by molar-refractivity contribution is 0.0779. The number of morpholine rings is 2. The van der Waals surface area contributed by atoms with E-state index in [-0.39, 0.29) is 56.3 Å². The number of rotatable bonds is 14. The van der Waals surface area contributed by atoms with E-state index >= 15 is 0 Å². The number of nitrogens with zero attached hydrogens (tertiary/aromatic N) is 7. The van der Waals surface area contributed by atoms with Gasteiger partial charge in [-0.2, -0.15) is 0 Å². The van der Waals surface area contributed by atoms with Crippen LogP contribution in [0.2, 0.25) is 0 Å². The van der Waals surface area contributed by atoms with Crippen molar-refractivity contribution in [2.24, 2.45) is 0 Å². The molecule has 2 aliphatic heterocycles. The second kappa shape index (κ2) is 23.9. The molecular weight excluding hydrogens is 993 g/mol. The van der Waals surface area contributed by atoms with Crippen LogP contribution in [0.15, 0.2) is 79.1 Å². The van der Waals surface area contributed by atoms with E-state index in [1.807, 2.05) is 85.7 Å². The average molecular weight is 1060 g/mol. The molecule has 67 heavy (non-hydrogen) atoms. The fraction of sp³-hybridized carbons (Fsp3) is 0.469. The zero-order chi connectivity index (χ0) is 47.8. The largest absolute Gasteiger partial charge is 0.440 e. The molecule has 7 rings (SSSR count). The fourth-order valence-electron chi connectivity index (χ4n) is 7.73. The molecule has 2 unspecified atom stereocenters. The molecule has 0 bridgehead atoms. The van der Waals surface area contributed by atoms with Crippen LogP contribution in [0, 0.1) is 5.82 Å². The van der Waals surface area contributed by atoms with Crippen LogP contribution in [0.25, 0.3) is 21.9 Å². The maximum absolute atomic E-state index is 13.6. The molecule has 2 atom stereocenters. The molecule has 0 spiro atoms. The molecule has 2 amide bonds. The quantitative estimate of drug-likeness (QED) is 0.107. The van der Waals surface area contributed by atoms with Crippen LogP contribution in [-0.2, 0) is 9.47 Å². The number of anilines is 3. The summed E-state index contributed by atoms with van der Waals surface area (Å²) in [5.74, 6) is 0.436. The van der Waals surface area contributed by atoms with E-state index in [2.05, 4.69) is 15.9 Å². The van der Waals surface area contributed by atoms with E-state index in [4.69, 9.17) is 18.3 Å². The topological polar surface area (TPSA) is 136 Å². The number of alkyl halides is 1. The summed E-state index contributed by atoms with van der Waals surface area (Å²) in [5, 5.41) is 0.786. The molecule has 0 N–H and O–H groups in total. The first-order chi connectivity index (χ1) is 31.4. The minimum Gasteiger partial charge on any atom is -0.440 e. The van der Waals surface area contributed by atoms with Gasteiger partial charge in [0.1, 0.15) is 17.0 Å². The lowest BCUT2D eigenvalue weighted by Crippen LogP contribution is -2.36. The summed E-state index contributed by atoms with van der Waals surface area (Å²) in [4.78, 5) is 65.8. The highest BCUT2D eigenvalue weighted by Crippen LogP contribution is 2.35. The van der Waals surface area contributed by atoms with Gasteiger partial charge in [0.25, 0.3) is 11.8 Å². The summed E-state index contributed by atoms with van der Waals surface area (Å²) in [5.41, 5.74) is 3.84. The molecule has 5 aromatic rings. The van der Waals surface area contributed by atoms with Crippen LogP contribution >= 0.6 is 32.9 Å². The number of fused-ring (bicyclic) bond motifs is 2. The van der Waals surface area contributed by atoms with Gasteiger partial charge in [-0.15, -0.1) is 17.0 Å². The Balaban J connectivity index is 0.000000254. The fourth-order valence-corrected chi connectivity index (χ4v) is 8.07. The molecule has 2 aromatic heterocycles. The van der Waals surface area contributed by atoms with E-state index in [1.54, 1.807) is 48.2 Å². The highest BCUT2D eigenvalue weighted by molar-refractivity contribution is 9.09. The Morgan fingerprint density at radius 3 is 1.43 bits per heavy atom. The average Bonchev–Trinajstić information content (AvgIpc) is 3.31. The number of hydrogen-bond acceptors (Lipinski definition) is 13. The van der Waals surface area contributed by atoms with Gasteiger partial charge in [0.05, 0.1) is 43.2 Å². The molecule has 364 valence electrons. The van der Waals surface area contributed by atoms with Crippen LogP contribution in [0.1, 0.15) is 56.6 Å². The van der Waals surface area contributed by atoms with Gasteiger partial charge in [-0.1, -0.05) is 15.9 Å². The molecule has 0 radical (unpaired) electrons. The Kier molecular flexibility index (Phi) is 19.0. The lowest BCUT2D eigenvalue weighted by atomic mass is 9.99. The van der Waals surface area contributed by atoms with Crippen molar-refractivity contribution < 1.29 is 32.3 Å². The van der Waals surface area contributed by atoms with E-state index in [1.165, 1.54) is 24.3 Å². The van der Waals surface area contributed by atoms with Crippen LogP contribution < -0.4 is 25.6 Å². The van der Waals surface area contributed by atoms with Gasteiger partial charge in [0, 0.05) is 118 Å². The van der Waals surface area contributed by atoms with Crippen LogP contribution in [-0.4, -0.2) is 160 Å². The van der Waals surface area contributed by atoms with Gasteiger partial charge in [-0.05, 0) is 90.6 Å². The number of benzene rings is 3. The molecule has 3 aromatic carbocycles. The first kappa shape index (κ1) is 53.1. The Morgan fingerprint density at radius 1 is 0.627 bits per heavy atom. The summed E-state index contributed by atoms with van der Waals surface area (Å²) < 4.78 is 36.9. The summed E-state index contributed by atoms with van der Waals surface area (Å²) in [7, 11) is 13.3. The zero-order valence-corrected chi connectivity index (χ0v) is 43.3. The van der Waals surface area contributed by atoms with Crippen molar-refractivity contribution in [1.82, 2.24) is 19.6 Å². The zero-order valence-electron chi connectivity index (χ0n) is 40.0. The molecule has 0 aliphatic carbocycles. The lowest BCUT2D eigenvalue weighted by Gasteiger charge is -2.30. The van der Waals surface area contributed by atoms with E-state index in [9.17, 15) is 23.6 Å². The molecule has 18 heteroatoms. The summed E-state index contributed by atoms with van der Waals surface area (Å²) >= 11 is 3.59. The van der Waals surface area contributed by atoms with Gasteiger partial charge in [-0.3, -0.25) is 19.2 Å². The van der Waals surface area contributed by atoms with Crippen molar-refractivity contribution in [1.29, 1.82) is 0 Å². The first-order valence-corrected chi connectivity index (χ1v) is 23.2. The summed E-state index contributed by atoms with van der Waals surface area (Å²) in [6, 6.07) is 15.9. The number of hydrogen-bond donors (Lipinski definition) is 0. The van der Waals surface area contributed by atoms with Crippen LogP contribution in [0.5, 0.6) is 0 Å². The highest BCUT2D eigenvalue weighted by atomic mass is 79.9. The number of halogens is 3. The van der Waals surface area contributed by atoms with Crippen molar-refractivity contribution in [3.05, 3.63) is 109 Å². The first-order valence-electron chi connectivity index (χ1n) is 22.2. The standard InChI is InChI=1S/C28H35FN4O4.C21H28BrN3O4.BrH/c1-19(32(5)22-8-6-21(29)7-9-22)23-16-20(28(35)31(4)11-10-30(2)3)17-24-25(34)18-26(37-27(23)24)33-12-14-36-15-13-33;1-14(22)16-11-15(21(27)24(4)6-5-23(2)3)12-17-18(26)13-19(29-20(16)17)25-7-9-28-10-8-25;/h6-9,16-19H,10-15H2,1-5H3;11-14H,5-10H2,1-4H3;1H. The minimum absolute atomic E-state index is 0. The molecule has 2 saturated heterocycles. The minimum atomic E-state index is -0.315. The number of carbonyl (C=O) groups is 2. The number of likely N-dealkylation sites (N-methyl/N-ethyl adjacent to an activating group) is 4. The monoisotopic (exact) mass is 1060 g/mol. The Morgan fingerprint density at radius 2 is 1.03 bits per heavy atom. The molecule has 15 nitrogen and oxygen atoms in total. The Labute approximate surface area is 410 Å². The van der Waals surface area contributed by atoms with Crippen molar-refractivity contribution in [2.75, 3.05) is 143 Å². The highest BCUT2D eigenvalue weighted by Gasteiger charge is 2.26. The molecular formula is C49H64Br2FN7O8. The molecule has 2 aliphatic rings.